The number of carboxylic acid groups (broad SMARTS) is 1. The summed E-state index contributed by atoms with van der Waals surface area (Å²) >= 11 is 0. The van der Waals surface area contributed by atoms with Gasteiger partial charge in [-0.1, -0.05) is 0 Å². The van der Waals surface area contributed by atoms with E-state index in [1.54, 1.807) is 6.92 Å². The van der Waals surface area contributed by atoms with Crippen LogP contribution in [0.2, 0.25) is 0 Å². The molecule has 2 atom stereocenters. The molecular formula is C11H20N2O4. The lowest BCUT2D eigenvalue weighted by molar-refractivity contribution is -0.142. The Morgan fingerprint density at radius 2 is 1.94 bits per heavy atom. The Kier molecular flexibility index (Phi) is 3.78. The van der Waals surface area contributed by atoms with Gasteiger partial charge in [0.25, 0.3) is 0 Å². The third kappa shape index (κ3) is 3.98. The normalized spacial score (nSPS) is 22.4. The summed E-state index contributed by atoms with van der Waals surface area (Å²) in [5.74, 6) is -1.26. The fraction of sp³-hybridized carbons (Fsp3) is 0.818. The van der Waals surface area contributed by atoms with Crippen molar-refractivity contribution in [3.63, 3.8) is 0 Å². The molecular weight excluding hydrogens is 224 g/mol. The molecule has 1 aliphatic carbocycles. The average Bonchev–Trinajstić information content (AvgIpc) is 2.94. The second kappa shape index (κ2) is 4.62. The van der Waals surface area contributed by atoms with Crippen LogP contribution in [0.4, 0.5) is 0 Å². The summed E-state index contributed by atoms with van der Waals surface area (Å²) in [6.07, 6.45) is 1.45. The van der Waals surface area contributed by atoms with Gasteiger partial charge in [-0.25, -0.2) is 0 Å². The summed E-state index contributed by atoms with van der Waals surface area (Å²) in [5.41, 5.74) is 3.50. The molecule has 2 unspecified atom stereocenters. The molecule has 98 valence electrons. The highest BCUT2D eigenvalue weighted by Crippen LogP contribution is 2.38. The monoisotopic (exact) mass is 244 g/mol. The van der Waals surface area contributed by atoms with E-state index in [2.05, 4.69) is 5.32 Å². The minimum atomic E-state index is -1.46. The third-order valence-corrected chi connectivity index (χ3v) is 3.08. The van der Waals surface area contributed by atoms with Gasteiger partial charge < -0.3 is 21.3 Å². The molecule has 1 saturated carbocycles. The van der Waals surface area contributed by atoms with Crippen LogP contribution in [0.3, 0.4) is 0 Å². The lowest BCUT2D eigenvalue weighted by Crippen LogP contribution is -2.56. The van der Waals surface area contributed by atoms with E-state index in [4.69, 9.17) is 10.8 Å². The molecule has 17 heavy (non-hydrogen) atoms. The third-order valence-electron chi connectivity index (χ3n) is 3.08. The van der Waals surface area contributed by atoms with Crippen LogP contribution in [0, 0.1) is 5.92 Å². The van der Waals surface area contributed by atoms with Crippen molar-refractivity contribution in [2.24, 2.45) is 11.7 Å². The first kappa shape index (κ1) is 13.9. The summed E-state index contributed by atoms with van der Waals surface area (Å²) in [6, 6.07) is 0. The van der Waals surface area contributed by atoms with Crippen LogP contribution in [0.15, 0.2) is 0 Å². The van der Waals surface area contributed by atoms with E-state index in [1.807, 2.05) is 0 Å². The Labute approximate surface area is 100 Å². The van der Waals surface area contributed by atoms with Crippen molar-refractivity contribution in [2.45, 2.75) is 44.2 Å². The van der Waals surface area contributed by atoms with Crippen molar-refractivity contribution in [1.29, 1.82) is 0 Å². The van der Waals surface area contributed by atoms with Gasteiger partial charge in [0.1, 0.15) is 0 Å². The van der Waals surface area contributed by atoms with Gasteiger partial charge in [-0.2, -0.15) is 0 Å². The first-order chi connectivity index (χ1) is 7.65. The second-order valence-corrected chi connectivity index (χ2v) is 5.31. The number of hydrogen-bond donors (Lipinski definition) is 4. The van der Waals surface area contributed by atoms with E-state index >= 15 is 0 Å². The number of amides is 1. The number of rotatable bonds is 6. The van der Waals surface area contributed by atoms with Gasteiger partial charge in [0.15, 0.2) is 0 Å². The Morgan fingerprint density at radius 3 is 2.35 bits per heavy atom. The van der Waals surface area contributed by atoms with Gasteiger partial charge in [0.2, 0.25) is 5.91 Å². The number of hydrogen-bond acceptors (Lipinski definition) is 4. The molecule has 1 rings (SSSR count). The van der Waals surface area contributed by atoms with Crippen LogP contribution in [0.25, 0.3) is 0 Å². The van der Waals surface area contributed by atoms with E-state index in [1.165, 1.54) is 6.92 Å². The smallest absolute Gasteiger partial charge is 0.306 e. The van der Waals surface area contributed by atoms with Crippen LogP contribution in [0.5, 0.6) is 0 Å². The zero-order chi connectivity index (χ0) is 13.3. The summed E-state index contributed by atoms with van der Waals surface area (Å²) in [7, 11) is 0. The Bertz CT molecular complexity index is 321. The van der Waals surface area contributed by atoms with Crippen LogP contribution >= 0.6 is 0 Å². The molecule has 0 spiro atoms. The Balaban J connectivity index is 2.44. The number of aliphatic hydroxyl groups is 1. The number of carbonyl (C=O) groups is 2. The van der Waals surface area contributed by atoms with Crippen LogP contribution in [-0.4, -0.2) is 39.8 Å². The minimum Gasteiger partial charge on any atom is -0.481 e. The molecule has 0 aliphatic heterocycles. The lowest BCUT2D eigenvalue weighted by Gasteiger charge is -2.27. The van der Waals surface area contributed by atoms with Gasteiger partial charge in [-0.15, -0.1) is 0 Å². The molecule has 0 aromatic heterocycles. The molecule has 0 aromatic carbocycles. The highest BCUT2D eigenvalue weighted by atomic mass is 16.4. The maximum atomic E-state index is 11.8. The minimum absolute atomic E-state index is 0.113. The van der Waals surface area contributed by atoms with Crippen molar-refractivity contribution >= 4 is 11.9 Å². The molecule has 1 fully saturated rings. The van der Waals surface area contributed by atoms with E-state index < -0.39 is 23.5 Å². The van der Waals surface area contributed by atoms with Gasteiger partial charge >= 0.3 is 5.97 Å². The molecule has 1 amide bonds. The maximum absolute atomic E-state index is 11.8. The molecule has 5 N–H and O–H groups in total. The summed E-state index contributed by atoms with van der Waals surface area (Å²) in [5, 5.41) is 20.8. The van der Waals surface area contributed by atoms with Gasteiger partial charge in [0, 0.05) is 6.54 Å². The number of carbonyl (C=O) groups excluding carboxylic acids is 1. The predicted molar refractivity (Wildman–Crippen MR) is 61.2 cm³/mol. The van der Waals surface area contributed by atoms with Crippen LogP contribution < -0.4 is 11.1 Å². The lowest BCUT2D eigenvalue weighted by atomic mass is 9.95. The van der Waals surface area contributed by atoms with Crippen molar-refractivity contribution in [3.8, 4) is 0 Å². The fourth-order valence-corrected chi connectivity index (χ4v) is 1.72. The number of aliphatic carboxylic acids is 1. The number of nitrogens with two attached hydrogens (primary N) is 1. The first-order valence-electron chi connectivity index (χ1n) is 5.66. The van der Waals surface area contributed by atoms with Gasteiger partial charge in [-0.05, 0) is 32.6 Å². The van der Waals surface area contributed by atoms with Crippen LogP contribution in [0.1, 0.15) is 33.1 Å². The van der Waals surface area contributed by atoms with E-state index in [9.17, 15) is 14.7 Å². The standard InChI is InChI=1S/C11H20N2O4/c1-10(17,5-8(14)15)6-13-9(16)11(2,12)7-3-4-7/h7,17H,3-6,12H2,1-2H3,(H,13,16)(H,14,15). The highest BCUT2D eigenvalue weighted by Gasteiger charge is 2.44. The van der Waals surface area contributed by atoms with E-state index in [0.29, 0.717) is 0 Å². The Hall–Kier alpha value is -1.14. The van der Waals surface area contributed by atoms with Crippen molar-refractivity contribution in [1.82, 2.24) is 5.32 Å². The molecule has 0 bridgehead atoms. The van der Waals surface area contributed by atoms with Crippen LogP contribution in [-0.2, 0) is 9.59 Å². The summed E-state index contributed by atoms with van der Waals surface area (Å²) in [6.45, 7) is 2.91. The molecule has 0 aromatic rings. The van der Waals surface area contributed by atoms with Crippen molar-refractivity contribution < 1.29 is 19.8 Å². The topological polar surface area (TPSA) is 113 Å². The van der Waals surface area contributed by atoms with Crippen molar-refractivity contribution in [2.75, 3.05) is 6.54 Å². The van der Waals surface area contributed by atoms with E-state index in [-0.39, 0.29) is 18.4 Å². The largest absolute Gasteiger partial charge is 0.481 e. The summed E-state index contributed by atoms with van der Waals surface area (Å²) < 4.78 is 0. The fourth-order valence-electron chi connectivity index (χ4n) is 1.72. The van der Waals surface area contributed by atoms with Gasteiger partial charge in [-0.3, -0.25) is 9.59 Å². The Morgan fingerprint density at radius 1 is 1.41 bits per heavy atom. The average molecular weight is 244 g/mol. The maximum Gasteiger partial charge on any atom is 0.306 e. The van der Waals surface area contributed by atoms with Gasteiger partial charge in [0.05, 0.1) is 17.6 Å². The zero-order valence-corrected chi connectivity index (χ0v) is 10.2. The SMILES string of the molecule is CC(O)(CNC(=O)C(C)(N)C1CC1)CC(=O)O. The quantitative estimate of drug-likeness (QED) is 0.501. The molecule has 6 heteroatoms. The second-order valence-electron chi connectivity index (χ2n) is 5.31. The molecule has 6 nitrogen and oxygen atoms in total. The zero-order valence-electron chi connectivity index (χ0n) is 10.2. The summed E-state index contributed by atoms with van der Waals surface area (Å²) in [4.78, 5) is 22.3. The number of carboxylic acids is 1. The number of nitrogens with one attached hydrogen (secondary N) is 1. The molecule has 0 saturated heterocycles. The molecule has 0 heterocycles. The highest BCUT2D eigenvalue weighted by molar-refractivity contribution is 5.86. The van der Waals surface area contributed by atoms with Crippen molar-refractivity contribution in [3.05, 3.63) is 0 Å². The predicted octanol–water partition coefficient (Wildman–Crippen LogP) is -0.544. The first-order valence-corrected chi connectivity index (χ1v) is 5.66. The molecule has 1 aliphatic rings. The van der Waals surface area contributed by atoms with E-state index in [0.717, 1.165) is 12.8 Å². The molecule has 0 radical (unpaired) electrons.